The van der Waals surface area contributed by atoms with E-state index >= 15 is 0 Å². The molecule has 0 aromatic rings. The topological polar surface area (TPSA) is 49.4 Å². The molecule has 0 spiro atoms. The highest BCUT2D eigenvalue weighted by Gasteiger charge is 2.50. The molecule has 0 aromatic carbocycles. The first kappa shape index (κ1) is 13.9. The lowest BCUT2D eigenvalue weighted by molar-refractivity contribution is -0.160. The Morgan fingerprint density at radius 2 is 1.70 bits per heavy atom. The van der Waals surface area contributed by atoms with Crippen molar-refractivity contribution in [1.29, 1.82) is 0 Å². The Morgan fingerprint density at radius 1 is 1.05 bits per heavy atom. The molecule has 3 rings (SSSR count). The zero-order valence-electron chi connectivity index (χ0n) is 12.3. The summed E-state index contributed by atoms with van der Waals surface area (Å²) in [5.74, 6) is 0.308. The van der Waals surface area contributed by atoms with Crippen molar-refractivity contribution in [2.75, 3.05) is 6.54 Å². The predicted molar refractivity (Wildman–Crippen MR) is 77.2 cm³/mol. The molecule has 1 saturated heterocycles. The van der Waals surface area contributed by atoms with Crippen LogP contribution in [-0.2, 0) is 9.59 Å². The van der Waals surface area contributed by atoms with Crippen molar-refractivity contribution in [2.24, 2.45) is 0 Å². The standard InChI is InChI=1S/C16H26N2O2/c19-14-9-12-18(14)16(10-5-2-6-11-16)15(20)17-13-7-3-1-4-8-13/h13H,1-12H2,(H,17,20). The maximum atomic E-state index is 12.9. The number of rotatable bonds is 3. The molecule has 0 atom stereocenters. The molecule has 1 heterocycles. The van der Waals surface area contributed by atoms with Gasteiger partial charge in [-0.05, 0) is 25.7 Å². The van der Waals surface area contributed by atoms with E-state index < -0.39 is 5.54 Å². The molecular weight excluding hydrogens is 252 g/mol. The van der Waals surface area contributed by atoms with Crippen LogP contribution < -0.4 is 5.32 Å². The van der Waals surface area contributed by atoms with E-state index in [1.165, 1.54) is 25.7 Å². The van der Waals surface area contributed by atoms with Crippen LogP contribution in [0.1, 0.15) is 70.6 Å². The molecule has 2 aliphatic carbocycles. The third kappa shape index (κ3) is 2.45. The predicted octanol–water partition coefficient (Wildman–Crippen LogP) is 2.37. The minimum absolute atomic E-state index is 0.136. The van der Waals surface area contributed by atoms with E-state index in [-0.39, 0.29) is 11.8 Å². The van der Waals surface area contributed by atoms with Crippen molar-refractivity contribution in [2.45, 2.75) is 82.2 Å². The molecule has 2 amide bonds. The summed E-state index contributed by atoms with van der Waals surface area (Å²) >= 11 is 0. The molecule has 0 unspecified atom stereocenters. The van der Waals surface area contributed by atoms with E-state index in [0.29, 0.717) is 12.5 Å². The van der Waals surface area contributed by atoms with E-state index in [2.05, 4.69) is 5.32 Å². The Labute approximate surface area is 121 Å². The minimum Gasteiger partial charge on any atom is -0.351 e. The van der Waals surface area contributed by atoms with Gasteiger partial charge in [0.2, 0.25) is 11.8 Å². The Kier molecular flexibility index (Phi) is 3.99. The van der Waals surface area contributed by atoms with Crippen LogP contribution in [-0.4, -0.2) is 34.8 Å². The normalized spacial score (nSPS) is 27.0. The zero-order chi connectivity index (χ0) is 14.0. The van der Waals surface area contributed by atoms with Gasteiger partial charge in [0.1, 0.15) is 5.54 Å². The van der Waals surface area contributed by atoms with Crippen molar-refractivity contribution in [3.63, 3.8) is 0 Å². The monoisotopic (exact) mass is 278 g/mol. The maximum Gasteiger partial charge on any atom is 0.246 e. The van der Waals surface area contributed by atoms with Gasteiger partial charge in [-0.3, -0.25) is 9.59 Å². The first-order valence-electron chi connectivity index (χ1n) is 8.34. The van der Waals surface area contributed by atoms with Gasteiger partial charge >= 0.3 is 0 Å². The molecule has 0 aromatic heterocycles. The van der Waals surface area contributed by atoms with Gasteiger partial charge in [-0.15, -0.1) is 0 Å². The number of hydrogen-bond donors (Lipinski definition) is 1. The van der Waals surface area contributed by atoms with Gasteiger partial charge in [-0.25, -0.2) is 0 Å². The van der Waals surface area contributed by atoms with Gasteiger partial charge in [0.25, 0.3) is 0 Å². The summed E-state index contributed by atoms with van der Waals surface area (Å²) in [5.41, 5.74) is -0.509. The van der Waals surface area contributed by atoms with Crippen LogP contribution in [0.4, 0.5) is 0 Å². The average molecular weight is 278 g/mol. The molecule has 2 saturated carbocycles. The molecule has 1 aliphatic heterocycles. The SMILES string of the molecule is O=C1CCN1C1(C(=O)NC2CCCCC2)CCCCC1. The van der Waals surface area contributed by atoms with Gasteiger partial charge in [-0.1, -0.05) is 38.5 Å². The second kappa shape index (κ2) is 5.74. The Bertz CT molecular complexity index is 382. The lowest BCUT2D eigenvalue weighted by Crippen LogP contribution is -2.66. The number of nitrogens with one attached hydrogen (secondary N) is 1. The Morgan fingerprint density at radius 3 is 2.25 bits per heavy atom. The summed E-state index contributed by atoms with van der Waals surface area (Å²) in [6.07, 6.45) is 11.6. The summed E-state index contributed by atoms with van der Waals surface area (Å²) in [6.45, 7) is 0.775. The molecular formula is C16H26N2O2. The number of β-lactam (4-membered cyclic amide) rings is 1. The highest BCUT2D eigenvalue weighted by Crippen LogP contribution is 2.37. The van der Waals surface area contributed by atoms with Gasteiger partial charge in [0.15, 0.2) is 0 Å². The second-order valence-electron chi connectivity index (χ2n) is 6.70. The third-order valence-corrected chi connectivity index (χ3v) is 5.41. The third-order valence-electron chi connectivity index (χ3n) is 5.41. The summed E-state index contributed by atoms with van der Waals surface area (Å²) < 4.78 is 0. The van der Waals surface area contributed by atoms with Gasteiger partial charge in [-0.2, -0.15) is 0 Å². The van der Waals surface area contributed by atoms with Gasteiger partial charge < -0.3 is 10.2 Å². The van der Waals surface area contributed by atoms with Crippen LogP contribution >= 0.6 is 0 Å². The molecule has 3 fully saturated rings. The lowest BCUT2D eigenvalue weighted by Gasteiger charge is -2.49. The highest BCUT2D eigenvalue weighted by molar-refractivity contribution is 5.94. The fraction of sp³-hybridized carbons (Fsp3) is 0.875. The lowest BCUT2D eigenvalue weighted by atomic mass is 9.77. The largest absolute Gasteiger partial charge is 0.351 e. The molecule has 112 valence electrons. The molecule has 4 nitrogen and oxygen atoms in total. The highest BCUT2D eigenvalue weighted by atomic mass is 16.2. The summed E-state index contributed by atoms with van der Waals surface area (Å²) in [6, 6.07) is 0.339. The fourth-order valence-corrected chi connectivity index (χ4v) is 4.09. The van der Waals surface area contributed by atoms with E-state index in [1.54, 1.807) is 0 Å². The van der Waals surface area contributed by atoms with Crippen molar-refractivity contribution in [3.8, 4) is 0 Å². The van der Waals surface area contributed by atoms with Crippen molar-refractivity contribution in [3.05, 3.63) is 0 Å². The number of nitrogens with zero attached hydrogens (tertiary/aromatic N) is 1. The van der Waals surface area contributed by atoms with E-state index in [9.17, 15) is 9.59 Å². The Balaban J connectivity index is 1.71. The molecule has 0 radical (unpaired) electrons. The summed E-state index contributed by atoms with van der Waals surface area (Å²) in [5, 5.41) is 3.27. The summed E-state index contributed by atoms with van der Waals surface area (Å²) in [7, 11) is 0. The van der Waals surface area contributed by atoms with Crippen LogP contribution in [0.15, 0.2) is 0 Å². The van der Waals surface area contributed by atoms with Crippen molar-refractivity contribution < 1.29 is 9.59 Å². The van der Waals surface area contributed by atoms with Crippen molar-refractivity contribution >= 4 is 11.8 Å². The number of carbonyl (C=O) groups excluding carboxylic acids is 2. The van der Waals surface area contributed by atoms with E-state index in [4.69, 9.17) is 0 Å². The van der Waals surface area contributed by atoms with E-state index in [1.807, 2.05) is 4.90 Å². The number of likely N-dealkylation sites (tertiary alicyclic amines) is 1. The first-order valence-corrected chi connectivity index (χ1v) is 8.34. The van der Waals surface area contributed by atoms with Crippen LogP contribution in [0.25, 0.3) is 0 Å². The number of amides is 2. The van der Waals surface area contributed by atoms with Crippen LogP contribution in [0.5, 0.6) is 0 Å². The number of carbonyl (C=O) groups is 2. The zero-order valence-corrected chi connectivity index (χ0v) is 12.3. The second-order valence-corrected chi connectivity index (χ2v) is 6.70. The van der Waals surface area contributed by atoms with Crippen LogP contribution in [0.2, 0.25) is 0 Å². The molecule has 0 bridgehead atoms. The maximum absolute atomic E-state index is 12.9. The van der Waals surface area contributed by atoms with Crippen LogP contribution in [0, 0.1) is 0 Å². The quantitative estimate of drug-likeness (QED) is 0.806. The number of hydrogen-bond acceptors (Lipinski definition) is 2. The van der Waals surface area contributed by atoms with E-state index in [0.717, 1.165) is 45.1 Å². The van der Waals surface area contributed by atoms with Crippen LogP contribution in [0.3, 0.4) is 0 Å². The molecule has 20 heavy (non-hydrogen) atoms. The smallest absolute Gasteiger partial charge is 0.246 e. The first-order chi connectivity index (χ1) is 9.72. The minimum atomic E-state index is -0.509. The van der Waals surface area contributed by atoms with Gasteiger partial charge in [0.05, 0.1) is 0 Å². The fourth-order valence-electron chi connectivity index (χ4n) is 4.09. The summed E-state index contributed by atoms with van der Waals surface area (Å²) in [4.78, 5) is 26.6. The molecule has 3 aliphatic rings. The molecule has 1 N–H and O–H groups in total. The molecule has 4 heteroatoms. The Hall–Kier alpha value is -1.06. The van der Waals surface area contributed by atoms with Gasteiger partial charge in [0, 0.05) is 19.0 Å². The van der Waals surface area contributed by atoms with Crippen molar-refractivity contribution in [1.82, 2.24) is 10.2 Å². The average Bonchev–Trinajstić information content (AvgIpc) is 2.47.